The van der Waals surface area contributed by atoms with Gasteiger partial charge in [0.1, 0.15) is 6.23 Å². The van der Waals surface area contributed by atoms with Gasteiger partial charge in [-0.05, 0) is 78.9 Å². The molecule has 1 aliphatic rings. The largest absolute Gasteiger partial charge is 0.361 e. The third-order valence-electron chi connectivity index (χ3n) is 6.66. The average molecular weight is 554 g/mol. The molecule has 0 saturated carbocycles. The van der Waals surface area contributed by atoms with Gasteiger partial charge < -0.3 is 15.0 Å². The highest BCUT2D eigenvalue weighted by Gasteiger charge is 2.35. The van der Waals surface area contributed by atoms with E-state index in [1.165, 1.54) is 0 Å². The van der Waals surface area contributed by atoms with E-state index in [9.17, 15) is 14.4 Å². The minimum Gasteiger partial charge on any atom is -0.361 e. The molecule has 1 heterocycles. The first-order valence-electron chi connectivity index (χ1n) is 12.2. The van der Waals surface area contributed by atoms with Gasteiger partial charge in [0.15, 0.2) is 0 Å². The van der Waals surface area contributed by atoms with Crippen LogP contribution in [0.2, 0.25) is 10.0 Å². The van der Waals surface area contributed by atoms with E-state index in [1.807, 2.05) is 6.07 Å². The molecule has 198 valence electrons. The fraction of sp³-hybridized carbons (Fsp3) is 0.276. The fourth-order valence-corrected chi connectivity index (χ4v) is 5.01. The predicted octanol–water partition coefficient (Wildman–Crippen LogP) is 6.22. The van der Waals surface area contributed by atoms with Gasteiger partial charge in [0, 0.05) is 43.9 Å². The number of carbonyl (C=O) groups excluding carboxylic acids is 3. The predicted molar refractivity (Wildman–Crippen MR) is 150 cm³/mol. The van der Waals surface area contributed by atoms with Gasteiger partial charge in [-0.3, -0.25) is 19.3 Å². The van der Waals surface area contributed by atoms with Crippen molar-refractivity contribution in [3.63, 3.8) is 0 Å². The summed E-state index contributed by atoms with van der Waals surface area (Å²) in [5.74, 6) is -0.713. The van der Waals surface area contributed by atoms with Crippen molar-refractivity contribution in [1.82, 2.24) is 4.90 Å². The molecule has 0 fully saturated rings. The normalized spacial score (nSPS) is 16.8. The molecule has 2 unspecified atom stereocenters. The number of halogens is 2. The fourth-order valence-electron chi connectivity index (χ4n) is 4.60. The summed E-state index contributed by atoms with van der Waals surface area (Å²) in [4.78, 5) is 42.2. The van der Waals surface area contributed by atoms with E-state index in [4.69, 9.17) is 27.9 Å². The van der Waals surface area contributed by atoms with E-state index < -0.39 is 6.23 Å². The molecular formula is C29H29Cl2N3O4. The lowest BCUT2D eigenvalue weighted by atomic mass is 9.90. The van der Waals surface area contributed by atoms with Crippen LogP contribution < -0.4 is 10.2 Å². The number of carbonyl (C=O) groups is 3. The van der Waals surface area contributed by atoms with Gasteiger partial charge in [0.05, 0.1) is 16.3 Å². The standard InChI is InChI=1S/C29H29Cl2N3O4/c1-33(2)26(35)16-19-10-15-27(38-3)34(25-14-11-20(30)17-23(19)25)29(37)18-8-12-21(13-9-18)32-28(36)22-6-4-5-7-24(22)31/h4-9,11-14,17,19,27H,10,15-16H2,1-3H3,(H,32,36). The molecular weight excluding hydrogens is 525 g/mol. The molecule has 3 aromatic carbocycles. The van der Waals surface area contributed by atoms with Crippen molar-refractivity contribution >= 4 is 52.3 Å². The summed E-state index contributed by atoms with van der Waals surface area (Å²) >= 11 is 12.5. The van der Waals surface area contributed by atoms with Crippen LogP contribution >= 0.6 is 23.2 Å². The van der Waals surface area contributed by atoms with Crippen LogP contribution in [0.25, 0.3) is 0 Å². The molecule has 0 spiro atoms. The van der Waals surface area contributed by atoms with Crippen LogP contribution in [-0.2, 0) is 9.53 Å². The number of benzene rings is 3. The van der Waals surface area contributed by atoms with E-state index in [-0.39, 0.29) is 23.6 Å². The van der Waals surface area contributed by atoms with Gasteiger partial charge in [-0.1, -0.05) is 35.3 Å². The molecule has 0 aromatic heterocycles. The van der Waals surface area contributed by atoms with Crippen LogP contribution in [0.1, 0.15) is 51.5 Å². The monoisotopic (exact) mass is 553 g/mol. The van der Waals surface area contributed by atoms with Gasteiger partial charge in [0.2, 0.25) is 5.91 Å². The second-order valence-corrected chi connectivity index (χ2v) is 10.2. The molecule has 9 heteroatoms. The van der Waals surface area contributed by atoms with Crippen LogP contribution in [0.4, 0.5) is 11.4 Å². The molecule has 7 nitrogen and oxygen atoms in total. The van der Waals surface area contributed by atoms with Crippen molar-refractivity contribution in [3.8, 4) is 0 Å². The Morgan fingerprint density at radius 2 is 1.71 bits per heavy atom. The zero-order chi connectivity index (χ0) is 27.4. The summed E-state index contributed by atoms with van der Waals surface area (Å²) in [7, 11) is 5.03. The van der Waals surface area contributed by atoms with E-state index >= 15 is 0 Å². The zero-order valence-corrected chi connectivity index (χ0v) is 22.9. The molecule has 3 amide bonds. The number of nitrogens with zero attached hydrogens (tertiary/aromatic N) is 2. The van der Waals surface area contributed by atoms with E-state index in [0.717, 1.165) is 5.56 Å². The molecule has 0 radical (unpaired) electrons. The highest BCUT2D eigenvalue weighted by atomic mass is 35.5. The Kier molecular flexibility index (Phi) is 8.72. The van der Waals surface area contributed by atoms with Gasteiger partial charge in [-0.2, -0.15) is 0 Å². The molecule has 0 aliphatic carbocycles. The number of rotatable bonds is 6. The second-order valence-electron chi connectivity index (χ2n) is 9.35. The number of ether oxygens (including phenoxy) is 1. The Morgan fingerprint density at radius 3 is 2.37 bits per heavy atom. The Morgan fingerprint density at radius 1 is 1.00 bits per heavy atom. The third kappa shape index (κ3) is 6.01. The topological polar surface area (TPSA) is 79.0 Å². The van der Waals surface area contributed by atoms with Gasteiger partial charge in [-0.25, -0.2) is 0 Å². The number of hydrogen-bond donors (Lipinski definition) is 1. The maximum Gasteiger partial charge on any atom is 0.260 e. The molecule has 2 atom stereocenters. The van der Waals surface area contributed by atoms with Crippen LogP contribution in [0.5, 0.6) is 0 Å². The number of nitrogens with one attached hydrogen (secondary N) is 1. The molecule has 1 N–H and O–H groups in total. The van der Waals surface area contributed by atoms with Crippen molar-refractivity contribution in [1.29, 1.82) is 0 Å². The maximum absolute atomic E-state index is 13.8. The Balaban J connectivity index is 1.62. The summed E-state index contributed by atoms with van der Waals surface area (Å²) in [6, 6.07) is 18.8. The van der Waals surface area contributed by atoms with Crippen LogP contribution in [-0.4, -0.2) is 50.1 Å². The molecule has 0 bridgehead atoms. The number of amides is 3. The SMILES string of the molecule is COC1CCC(CC(=O)N(C)C)c2cc(Cl)ccc2N1C(=O)c1ccc(NC(=O)c2ccccc2Cl)cc1. The van der Waals surface area contributed by atoms with Crippen LogP contribution in [0.15, 0.2) is 66.7 Å². The number of hydrogen-bond acceptors (Lipinski definition) is 4. The first-order valence-corrected chi connectivity index (χ1v) is 13.0. The lowest BCUT2D eigenvalue weighted by Crippen LogP contribution is -2.41. The lowest BCUT2D eigenvalue weighted by Gasteiger charge is -2.30. The Bertz CT molecular complexity index is 1340. The second kappa shape index (κ2) is 12.0. The Hall–Kier alpha value is -3.39. The molecule has 38 heavy (non-hydrogen) atoms. The lowest BCUT2D eigenvalue weighted by molar-refractivity contribution is -0.129. The molecule has 0 saturated heterocycles. The number of fused-ring (bicyclic) bond motifs is 1. The first kappa shape index (κ1) is 27.6. The van der Waals surface area contributed by atoms with Crippen molar-refractivity contribution < 1.29 is 19.1 Å². The van der Waals surface area contributed by atoms with Crippen LogP contribution in [0, 0.1) is 0 Å². The van der Waals surface area contributed by atoms with E-state index in [2.05, 4.69) is 5.32 Å². The van der Waals surface area contributed by atoms with Gasteiger partial charge >= 0.3 is 0 Å². The third-order valence-corrected chi connectivity index (χ3v) is 7.22. The number of anilines is 2. The highest BCUT2D eigenvalue weighted by molar-refractivity contribution is 6.34. The minimum absolute atomic E-state index is 0.00379. The van der Waals surface area contributed by atoms with Crippen molar-refractivity contribution in [2.24, 2.45) is 0 Å². The maximum atomic E-state index is 13.8. The summed E-state index contributed by atoms with van der Waals surface area (Å²) in [6.45, 7) is 0. The molecule has 4 rings (SSSR count). The van der Waals surface area contributed by atoms with Crippen LogP contribution in [0.3, 0.4) is 0 Å². The van der Waals surface area contributed by atoms with E-state index in [1.54, 1.807) is 91.7 Å². The minimum atomic E-state index is -0.526. The number of methoxy groups -OCH3 is 1. The highest BCUT2D eigenvalue weighted by Crippen LogP contribution is 2.41. The van der Waals surface area contributed by atoms with E-state index in [0.29, 0.717) is 51.8 Å². The zero-order valence-electron chi connectivity index (χ0n) is 21.4. The average Bonchev–Trinajstić information content (AvgIpc) is 3.05. The summed E-state index contributed by atoms with van der Waals surface area (Å²) < 4.78 is 5.76. The van der Waals surface area contributed by atoms with Crippen molar-refractivity contribution in [3.05, 3.63) is 93.5 Å². The summed E-state index contributed by atoms with van der Waals surface area (Å²) in [6.07, 6.45) is 0.980. The first-order chi connectivity index (χ1) is 18.2. The summed E-state index contributed by atoms with van der Waals surface area (Å²) in [5, 5.41) is 3.70. The Labute approximate surface area is 232 Å². The van der Waals surface area contributed by atoms with Crippen molar-refractivity contribution in [2.75, 3.05) is 31.4 Å². The molecule has 3 aromatic rings. The summed E-state index contributed by atoms with van der Waals surface area (Å²) in [5.41, 5.74) is 2.81. The quantitative estimate of drug-likeness (QED) is 0.393. The smallest absolute Gasteiger partial charge is 0.260 e. The van der Waals surface area contributed by atoms with Crippen molar-refractivity contribution in [2.45, 2.75) is 31.4 Å². The van der Waals surface area contributed by atoms with Gasteiger partial charge in [0.25, 0.3) is 11.8 Å². The molecule has 1 aliphatic heterocycles. The van der Waals surface area contributed by atoms with Gasteiger partial charge in [-0.15, -0.1) is 0 Å².